The van der Waals surface area contributed by atoms with Gasteiger partial charge in [0.2, 0.25) is 0 Å². The van der Waals surface area contributed by atoms with Crippen LogP contribution in [0.15, 0.2) is 42.5 Å². The first-order valence-electron chi connectivity index (χ1n) is 5.75. The molecule has 0 saturated carbocycles. The van der Waals surface area contributed by atoms with Gasteiger partial charge in [0.1, 0.15) is 17.3 Å². The molecule has 20 heavy (non-hydrogen) atoms. The number of nitrogens with zero attached hydrogens (tertiary/aromatic N) is 4. The van der Waals surface area contributed by atoms with Crippen molar-refractivity contribution in [3.05, 3.63) is 54.1 Å². The summed E-state index contributed by atoms with van der Waals surface area (Å²) in [7, 11) is 0. The van der Waals surface area contributed by atoms with Crippen LogP contribution in [0, 0.1) is 11.6 Å². The largest absolute Gasteiger partial charge is 0.399 e. The minimum atomic E-state index is -0.511. The molecule has 2 N–H and O–H groups in total. The molecular weight excluding hydrogens is 264 g/mol. The topological polar surface area (TPSA) is 69.6 Å². The summed E-state index contributed by atoms with van der Waals surface area (Å²) in [5, 5.41) is 11.0. The Hall–Kier alpha value is -2.83. The van der Waals surface area contributed by atoms with Crippen molar-refractivity contribution in [1.82, 2.24) is 20.2 Å². The van der Waals surface area contributed by atoms with E-state index in [4.69, 9.17) is 5.73 Å². The molecule has 0 unspecified atom stereocenters. The Bertz CT molecular complexity index is 749. The van der Waals surface area contributed by atoms with E-state index in [9.17, 15) is 8.78 Å². The van der Waals surface area contributed by atoms with Gasteiger partial charge in [0, 0.05) is 11.3 Å². The minimum absolute atomic E-state index is 0.176. The summed E-state index contributed by atoms with van der Waals surface area (Å²) in [5.41, 5.74) is 6.38. The van der Waals surface area contributed by atoms with Crippen LogP contribution in [0.5, 0.6) is 0 Å². The number of benzene rings is 2. The third-order valence-electron chi connectivity index (χ3n) is 2.73. The van der Waals surface area contributed by atoms with E-state index in [1.54, 1.807) is 12.1 Å². The van der Waals surface area contributed by atoms with E-state index in [1.807, 2.05) is 0 Å². The number of nitrogens with two attached hydrogens (primary N) is 1. The lowest BCUT2D eigenvalue weighted by molar-refractivity contribution is 0.607. The van der Waals surface area contributed by atoms with E-state index < -0.39 is 11.6 Å². The molecule has 3 rings (SSSR count). The number of rotatable bonds is 2. The second-order valence-corrected chi connectivity index (χ2v) is 4.14. The Morgan fingerprint density at radius 2 is 1.85 bits per heavy atom. The Morgan fingerprint density at radius 1 is 1.05 bits per heavy atom. The van der Waals surface area contributed by atoms with Crippen LogP contribution >= 0.6 is 0 Å². The lowest BCUT2D eigenvalue weighted by Gasteiger charge is -2.06. The fourth-order valence-electron chi connectivity index (χ4n) is 1.89. The van der Waals surface area contributed by atoms with E-state index in [1.165, 1.54) is 35.0 Å². The molecule has 0 fully saturated rings. The average Bonchev–Trinajstić information content (AvgIpc) is 2.87. The third kappa shape index (κ3) is 2.09. The predicted octanol–water partition coefficient (Wildman–Crippen LogP) is 2.19. The van der Waals surface area contributed by atoms with Crippen LogP contribution in [0.25, 0.3) is 17.1 Å². The smallest absolute Gasteiger partial charge is 0.187 e. The van der Waals surface area contributed by atoms with Gasteiger partial charge >= 0.3 is 0 Å². The molecule has 1 heterocycles. The molecule has 100 valence electrons. The van der Waals surface area contributed by atoms with E-state index in [0.717, 1.165) is 0 Å². The molecule has 2 aromatic carbocycles. The molecule has 1 aromatic heterocycles. The van der Waals surface area contributed by atoms with Crippen LogP contribution in [-0.2, 0) is 0 Å². The summed E-state index contributed by atoms with van der Waals surface area (Å²) in [5.74, 6) is -0.783. The number of hydrogen-bond donors (Lipinski definition) is 1. The molecule has 0 spiro atoms. The zero-order valence-electron chi connectivity index (χ0n) is 10.2. The van der Waals surface area contributed by atoms with E-state index in [-0.39, 0.29) is 17.2 Å². The summed E-state index contributed by atoms with van der Waals surface area (Å²) >= 11 is 0. The lowest BCUT2D eigenvalue weighted by Crippen LogP contribution is -2.03. The Labute approximate surface area is 112 Å². The summed E-state index contributed by atoms with van der Waals surface area (Å²) < 4.78 is 28.4. The summed E-state index contributed by atoms with van der Waals surface area (Å²) in [6.45, 7) is 0. The molecule has 0 aliphatic rings. The summed E-state index contributed by atoms with van der Waals surface area (Å²) in [4.78, 5) is 0. The highest BCUT2D eigenvalue weighted by atomic mass is 19.1. The van der Waals surface area contributed by atoms with Crippen molar-refractivity contribution in [2.45, 2.75) is 0 Å². The molecule has 0 saturated heterocycles. The number of nitrogen functional groups attached to an aromatic ring is 1. The SMILES string of the molecule is Nc1cc(F)cc(-c2nnnn2-c2ccccc2F)c1. The normalized spacial score (nSPS) is 10.7. The van der Waals surface area contributed by atoms with Gasteiger partial charge in [-0.15, -0.1) is 5.10 Å². The van der Waals surface area contributed by atoms with Crippen LogP contribution in [0.1, 0.15) is 0 Å². The maximum Gasteiger partial charge on any atom is 0.187 e. The molecule has 5 nitrogen and oxygen atoms in total. The van der Waals surface area contributed by atoms with Gasteiger partial charge in [0.15, 0.2) is 5.82 Å². The van der Waals surface area contributed by atoms with E-state index in [2.05, 4.69) is 15.5 Å². The van der Waals surface area contributed by atoms with Crippen LogP contribution in [0.2, 0.25) is 0 Å². The quantitative estimate of drug-likeness (QED) is 0.727. The number of para-hydroxylation sites is 1. The maximum absolute atomic E-state index is 13.8. The van der Waals surface area contributed by atoms with E-state index in [0.29, 0.717) is 5.56 Å². The predicted molar refractivity (Wildman–Crippen MR) is 68.9 cm³/mol. The van der Waals surface area contributed by atoms with Crippen molar-refractivity contribution < 1.29 is 8.78 Å². The lowest BCUT2D eigenvalue weighted by atomic mass is 10.2. The first-order chi connectivity index (χ1) is 9.65. The van der Waals surface area contributed by atoms with Crippen LogP contribution in [0.4, 0.5) is 14.5 Å². The molecule has 0 radical (unpaired) electrons. The summed E-state index contributed by atoms with van der Waals surface area (Å²) in [6.07, 6.45) is 0. The number of hydrogen-bond acceptors (Lipinski definition) is 4. The molecule has 0 amide bonds. The van der Waals surface area contributed by atoms with Crippen LogP contribution in [-0.4, -0.2) is 20.2 Å². The van der Waals surface area contributed by atoms with E-state index >= 15 is 0 Å². The van der Waals surface area contributed by atoms with Crippen molar-refractivity contribution in [1.29, 1.82) is 0 Å². The van der Waals surface area contributed by atoms with Gasteiger partial charge in [-0.1, -0.05) is 12.1 Å². The number of halogens is 2. The molecule has 3 aromatic rings. The second-order valence-electron chi connectivity index (χ2n) is 4.14. The average molecular weight is 273 g/mol. The van der Waals surface area contributed by atoms with Crippen molar-refractivity contribution in [2.24, 2.45) is 0 Å². The van der Waals surface area contributed by atoms with Crippen molar-refractivity contribution in [3.8, 4) is 17.1 Å². The zero-order valence-corrected chi connectivity index (χ0v) is 10.2. The first kappa shape index (κ1) is 12.2. The zero-order chi connectivity index (χ0) is 14.1. The van der Waals surface area contributed by atoms with Gasteiger partial charge in [-0.2, -0.15) is 4.68 Å². The first-order valence-corrected chi connectivity index (χ1v) is 5.75. The summed E-state index contributed by atoms with van der Waals surface area (Å²) in [6, 6.07) is 9.97. The highest BCUT2D eigenvalue weighted by Gasteiger charge is 2.14. The van der Waals surface area contributed by atoms with Crippen LogP contribution < -0.4 is 5.73 Å². The number of tetrazole rings is 1. The van der Waals surface area contributed by atoms with Gasteiger partial charge < -0.3 is 5.73 Å². The molecular formula is C13H9F2N5. The molecule has 0 bridgehead atoms. The fraction of sp³-hybridized carbons (Fsp3) is 0. The van der Waals surface area contributed by atoms with Gasteiger partial charge in [-0.25, -0.2) is 8.78 Å². The van der Waals surface area contributed by atoms with Gasteiger partial charge in [0.05, 0.1) is 0 Å². The van der Waals surface area contributed by atoms with Crippen molar-refractivity contribution in [2.75, 3.05) is 5.73 Å². The van der Waals surface area contributed by atoms with Gasteiger partial charge in [0.25, 0.3) is 0 Å². The second kappa shape index (κ2) is 4.69. The van der Waals surface area contributed by atoms with Gasteiger partial charge in [-0.05, 0) is 40.8 Å². The molecule has 7 heteroatoms. The maximum atomic E-state index is 13.8. The fourth-order valence-corrected chi connectivity index (χ4v) is 1.89. The number of anilines is 1. The molecule has 0 aliphatic heterocycles. The molecule has 0 aliphatic carbocycles. The number of aromatic nitrogens is 4. The van der Waals surface area contributed by atoms with Gasteiger partial charge in [-0.3, -0.25) is 0 Å². The van der Waals surface area contributed by atoms with Crippen molar-refractivity contribution in [3.63, 3.8) is 0 Å². The Morgan fingerprint density at radius 3 is 2.60 bits per heavy atom. The monoisotopic (exact) mass is 273 g/mol. The molecule has 0 atom stereocenters. The highest BCUT2D eigenvalue weighted by Crippen LogP contribution is 2.23. The highest BCUT2D eigenvalue weighted by molar-refractivity contribution is 5.62. The van der Waals surface area contributed by atoms with Crippen LogP contribution in [0.3, 0.4) is 0 Å². The standard InChI is InChI=1S/C13H9F2N5/c14-9-5-8(6-10(16)7-9)13-17-18-19-20(13)12-4-2-1-3-11(12)15/h1-7H,16H2. The Kier molecular flexibility index (Phi) is 2.86. The van der Waals surface area contributed by atoms with Crippen molar-refractivity contribution >= 4 is 5.69 Å². The third-order valence-corrected chi connectivity index (χ3v) is 2.73. The minimum Gasteiger partial charge on any atom is -0.399 e. The Balaban J connectivity index is 2.18.